The third-order valence-electron chi connectivity index (χ3n) is 2.21. The third-order valence-corrected chi connectivity index (χ3v) is 3.36. The number of hydrogen-bond acceptors (Lipinski definition) is 2. The SMILES string of the molecule is O=C(NCc1ccoc1)c1ccc(Br)cc1Br. The minimum atomic E-state index is -0.120. The van der Waals surface area contributed by atoms with Crippen LogP contribution in [0.1, 0.15) is 15.9 Å². The maximum Gasteiger partial charge on any atom is 0.252 e. The molecule has 1 aromatic carbocycles. The van der Waals surface area contributed by atoms with Gasteiger partial charge in [-0.15, -0.1) is 0 Å². The molecule has 17 heavy (non-hydrogen) atoms. The van der Waals surface area contributed by atoms with Crippen LogP contribution in [-0.2, 0) is 6.54 Å². The highest BCUT2D eigenvalue weighted by molar-refractivity contribution is 9.11. The van der Waals surface area contributed by atoms with E-state index in [0.717, 1.165) is 14.5 Å². The molecule has 0 unspecified atom stereocenters. The van der Waals surface area contributed by atoms with Gasteiger partial charge in [-0.1, -0.05) is 15.9 Å². The van der Waals surface area contributed by atoms with Crippen LogP contribution in [0.5, 0.6) is 0 Å². The van der Waals surface area contributed by atoms with E-state index in [1.165, 1.54) is 0 Å². The van der Waals surface area contributed by atoms with Gasteiger partial charge in [-0.3, -0.25) is 4.79 Å². The summed E-state index contributed by atoms with van der Waals surface area (Å²) in [6.45, 7) is 0.456. The fourth-order valence-corrected chi connectivity index (χ4v) is 2.57. The number of rotatable bonds is 3. The first kappa shape index (κ1) is 12.4. The van der Waals surface area contributed by atoms with Crippen molar-refractivity contribution in [2.24, 2.45) is 0 Å². The molecule has 88 valence electrons. The molecule has 1 heterocycles. The van der Waals surface area contributed by atoms with E-state index in [4.69, 9.17) is 4.42 Å². The smallest absolute Gasteiger partial charge is 0.252 e. The zero-order chi connectivity index (χ0) is 12.3. The lowest BCUT2D eigenvalue weighted by atomic mass is 10.2. The van der Waals surface area contributed by atoms with Crippen molar-refractivity contribution in [1.82, 2.24) is 5.32 Å². The molecule has 2 rings (SSSR count). The first-order valence-corrected chi connectivity index (χ1v) is 6.50. The van der Waals surface area contributed by atoms with Crippen molar-refractivity contribution < 1.29 is 9.21 Å². The molecule has 1 aromatic heterocycles. The Kier molecular flexibility index (Phi) is 4.02. The van der Waals surface area contributed by atoms with Crippen molar-refractivity contribution >= 4 is 37.8 Å². The van der Waals surface area contributed by atoms with Gasteiger partial charge >= 0.3 is 0 Å². The number of furan rings is 1. The largest absolute Gasteiger partial charge is 0.472 e. The molecule has 0 aliphatic rings. The van der Waals surface area contributed by atoms with Crippen LogP contribution < -0.4 is 5.32 Å². The van der Waals surface area contributed by atoms with Crippen molar-refractivity contribution in [3.05, 3.63) is 56.9 Å². The second-order valence-electron chi connectivity index (χ2n) is 3.44. The number of benzene rings is 1. The molecule has 0 bridgehead atoms. The lowest BCUT2D eigenvalue weighted by Crippen LogP contribution is -2.22. The summed E-state index contributed by atoms with van der Waals surface area (Å²) in [7, 11) is 0. The Morgan fingerprint density at radius 1 is 1.29 bits per heavy atom. The molecule has 0 atom stereocenters. The van der Waals surface area contributed by atoms with E-state index in [-0.39, 0.29) is 5.91 Å². The second kappa shape index (κ2) is 5.51. The van der Waals surface area contributed by atoms with Crippen molar-refractivity contribution in [1.29, 1.82) is 0 Å². The monoisotopic (exact) mass is 357 g/mol. The molecule has 1 N–H and O–H groups in total. The average molecular weight is 359 g/mol. The normalized spacial score (nSPS) is 10.2. The van der Waals surface area contributed by atoms with Gasteiger partial charge in [0.1, 0.15) is 0 Å². The van der Waals surface area contributed by atoms with Crippen LogP contribution in [0, 0.1) is 0 Å². The lowest BCUT2D eigenvalue weighted by molar-refractivity contribution is 0.0950. The summed E-state index contributed by atoms with van der Waals surface area (Å²) >= 11 is 6.70. The Morgan fingerprint density at radius 3 is 2.76 bits per heavy atom. The summed E-state index contributed by atoms with van der Waals surface area (Å²) in [5.74, 6) is -0.120. The molecule has 2 aromatic rings. The van der Waals surface area contributed by atoms with E-state index < -0.39 is 0 Å². The quantitative estimate of drug-likeness (QED) is 0.908. The van der Waals surface area contributed by atoms with E-state index in [1.807, 2.05) is 18.2 Å². The van der Waals surface area contributed by atoms with Gasteiger partial charge in [-0.2, -0.15) is 0 Å². The van der Waals surface area contributed by atoms with E-state index in [1.54, 1.807) is 18.6 Å². The third kappa shape index (κ3) is 3.20. The first-order chi connectivity index (χ1) is 8.16. The van der Waals surface area contributed by atoms with Crippen molar-refractivity contribution in [3.8, 4) is 0 Å². The van der Waals surface area contributed by atoms with Crippen LogP contribution in [0.2, 0.25) is 0 Å². The van der Waals surface area contributed by atoms with E-state index in [2.05, 4.69) is 37.2 Å². The van der Waals surface area contributed by atoms with Crippen LogP contribution in [0.3, 0.4) is 0 Å². The van der Waals surface area contributed by atoms with E-state index in [9.17, 15) is 4.79 Å². The highest BCUT2D eigenvalue weighted by atomic mass is 79.9. The average Bonchev–Trinajstić information content (AvgIpc) is 2.78. The fraction of sp³-hybridized carbons (Fsp3) is 0.0833. The number of carbonyl (C=O) groups excluding carboxylic acids is 1. The van der Waals surface area contributed by atoms with Gasteiger partial charge in [0.05, 0.1) is 18.1 Å². The van der Waals surface area contributed by atoms with Gasteiger partial charge in [0.15, 0.2) is 0 Å². The van der Waals surface area contributed by atoms with Crippen LogP contribution in [-0.4, -0.2) is 5.91 Å². The first-order valence-electron chi connectivity index (χ1n) is 4.91. The van der Waals surface area contributed by atoms with Gasteiger partial charge in [0.2, 0.25) is 0 Å². The Hall–Kier alpha value is -1.07. The predicted molar refractivity (Wildman–Crippen MR) is 71.7 cm³/mol. The summed E-state index contributed by atoms with van der Waals surface area (Å²) < 4.78 is 6.61. The molecule has 3 nitrogen and oxygen atoms in total. The topological polar surface area (TPSA) is 42.2 Å². The summed E-state index contributed by atoms with van der Waals surface area (Å²) in [5.41, 5.74) is 1.54. The minimum absolute atomic E-state index is 0.120. The van der Waals surface area contributed by atoms with Crippen molar-refractivity contribution in [2.45, 2.75) is 6.54 Å². The van der Waals surface area contributed by atoms with Crippen LogP contribution in [0.15, 0.2) is 50.2 Å². The summed E-state index contributed by atoms with van der Waals surface area (Å²) in [6.07, 6.45) is 3.19. The van der Waals surface area contributed by atoms with Crippen molar-refractivity contribution in [3.63, 3.8) is 0 Å². The van der Waals surface area contributed by atoms with E-state index >= 15 is 0 Å². The molecule has 0 fully saturated rings. The zero-order valence-corrected chi connectivity index (χ0v) is 11.9. The van der Waals surface area contributed by atoms with Gasteiger partial charge < -0.3 is 9.73 Å². The summed E-state index contributed by atoms with van der Waals surface area (Å²) in [6, 6.07) is 7.25. The maximum atomic E-state index is 11.9. The molecule has 0 spiro atoms. The molecular formula is C12H9Br2NO2. The number of amides is 1. The highest BCUT2D eigenvalue weighted by Gasteiger charge is 2.09. The van der Waals surface area contributed by atoms with Crippen LogP contribution in [0.4, 0.5) is 0 Å². The molecule has 5 heteroatoms. The maximum absolute atomic E-state index is 11.9. The molecule has 0 aliphatic heterocycles. The molecule has 0 saturated carbocycles. The van der Waals surface area contributed by atoms with Crippen LogP contribution in [0.25, 0.3) is 0 Å². The second-order valence-corrected chi connectivity index (χ2v) is 5.21. The van der Waals surface area contributed by atoms with Gasteiger partial charge in [-0.05, 0) is 40.2 Å². The van der Waals surface area contributed by atoms with E-state index in [0.29, 0.717) is 12.1 Å². The fourth-order valence-electron chi connectivity index (χ4n) is 1.34. The number of hydrogen-bond donors (Lipinski definition) is 1. The number of nitrogens with one attached hydrogen (secondary N) is 1. The Morgan fingerprint density at radius 2 is 2.12 bits per heavy atom. The molecule has 0 radical (unpaired) electrons. The van der Waals surface area contributed by atoms with Gasteiger partial charge in [-0.25, -0.2) is 0 Å². The lowest BCUT2D eigenvalue weighted by Gasteiger charge is -2.06. The highest BCUT2D eigenvalue weighted by Crippen LogP contribution is 2.21. The standard InChI is InChI=1S/C12H9Br2NO2/c13-9-1-2-10(11(14)5-9)12(16)15-6-8-3-4-17-7-8/h1-5,7H,6H2,(H,15,16). The summed E-state index contributed by atoms with van der Waals surface area (Å²) in [5, 5.41) is 2.82. The van der Waals surface area contributed by atoms with Crippen molar-refractivity contribution in [2.75, 3.05) is 0 Å². The van der Waals surface area contributed by atoms with Gasteiger partial charge in [0.25, 0.3) is 5.91 Å². The Labute approximate surface area is 115 Å². The molecule has 1 amide bonds. The molecule has 0 aliphatic carbocycles. The predicted octanol–water partition coefficient (Wildman–Crippen LogP) is 3.73. The Bertz CT molecular complexity index is 523. The van der Waals surface area contributed by atoms with Gasteiger partial charge in [0, 0.05) is 21.1 Å². The summed E-state index contributed by atoms with van der Waals surface area (Å²) in [4.78, 5) is 11.9. The minimum Gasteiger partial charge on any atom is -0.472 e. The Balaban J connectivity index is 2.04. The zero-order valence-electron chi connectivity index (χ0n) is 8.74. The molecule has 0 saturated heterocycles. The molecular weight excluding hydrogens is 350 g/mol. The number of halogens is 2. The number of carbonyl (C=O) groups is 1. The van der Waals surface area contributed by atoms with Crippen LogP contribution >= 0.6 is 31.9 Å².